The van der Waals surface area contributed by atoms with Crippen molar-refractivity contribution in [1.29, 1.82) is 0 Å². The number of sulfonamides is 1. The van der Waals surface area contributed by atoms with Crippen molar-refractivity contribution in [2.24, 2.45) is 0 Å². The first-order valence-electron chi connectivity index (χ1n) is 14.9. The van der Waals surface area contributed by atoms with E-state index in [4.69, 9.17) is 0 Å². The molecule has 0 saturated heterocycles. The number of para-hydroxylation sites is 1. The molecule has 0 amide bonds. The predicted molar refractivity (Wildman–Crippen MR) is 173 cm³/mol. The third kappa shape index (κ3) is 6.82. The van der Waals surface area contributed by atoms with Gasteiger partial charge in [0, 0.05) is 55.5 Å². The van der Waals surface area contributed by atoms with Crippen LogP contribution in [0, 0.1) is 6.92 Å². The molecule has 0 radical (unpaired) electrons. The second kappa shape index (κ2) is 12.7. The molecule has 2 heterocycles. The summed E-state index contributed by atoms with van der Waals surface area (Å²) in [6, 6.07) is 23.5. The Morgan fingerprint density at radius 2 is 1.63 bits per heavy atom. The van der Waals surface area contributed by atoms with Crippen LogP contribution in [0.1, 0.15) is 42.4 Å². The van der Waals surface area contributed by atoms with Gasteiger partial charge < -0.3 is 21.3 Å². The lowest BCUT2D eigenvalue weighted by Crippen LogP contribution is -2.43. The zero-order chi connectivity index (χ0) is 29.8. The molecule has 224 valence electrons. The molecule has 0 unspecified atom stereocenters. The fraction of sp³-hybridized carbons (Fsp3) is 0.333. The Balaban J connectivity index is 1.02. The fourth-order valence-electron chi connectivity index (χ4n) is 5.93. The van der Waals surface area contributed by atoms with E-state index < -0.39 is 10.0 Å². The number of aromatic nitrogens is 2. The lowest BCUT2D eigenvalue weighted by Gasteiger charge is -2.34. The summed E-state index contributed by atoms with van der Waals surface area (Å²) in [5.74, 6) is 1.08. The van der Waals surface area contributed by atoms with E-state index in [9.17, 15) is 8.42 Å². The van der Waals surface area contributed by atoms with E-state index in [-0.39, 0.29) is 10.9 Å². The topological polar surface area (TPSA) is 111 Å². The number of nitrogens with zero attached hydrogens (tertiary/aromatic N) is 3. The first-order chi connectivity index (χ1) is 20.8. The van der Waals surface area contributed by atoms with Gasteiger partial charge in [-0.3, -0.25) is 0 Å². The average Bonchev–Trinajstić information content (AvgIpc) is 3.51. The van der Waals surface area contributed by atoms with Gasteiger partial charge in [-0.1, -0.05) is 35.9 Å². The molecule has 1 aromatic heterocycles. The van der Waals surface area contributed by atoms with E-state index in [1.807, 2.05) is 31.2 Å². The van der Waals surface area contributed by atoms with E-state index in [2.05, 4.69) is 49.4 Å². The number of nitrogens with one attached hydrogen (secondary N) is 4. The van der Waals surface area contributed by atoms with Crippen LogP contribution in [0.2, 0.25) is 0 Å². The van der Waals surface area contributed by atoms with E-state index in [0.717, 1.165) is 50.9 Å². The van der Waals surface area contributed by atoms with Crippen molar-refractivity contribution in [2.45, 2.75) is 62.6 Å². The van der Waals surface area contributed by atoms with Gasteiger partial charge in [0.25, 0.3) is 0 Å². The van der Waals surface area contributed by atoms with Crippen LogP contribution in [-0.4, -0.2) is 48.4 Å². The van der Waals surface area contributed by atoms with Crippen LogP contribution in [0.25, 0.3) is 0 Å². The van der Waals surface area contributed by atoms with Crippen LogP contribution in [0.3, 0.4) is 0 Å². The molecular weight excluding hydrogens is 558 g/mol. The van der Waals surface area contributed by atoms with Crippen molar-refractivity contribution in [1.82, 2.24) is 19.6 Å². The molecule has 2 aliphatic rings. The highest BCUT2D eigenvalue weighted by atomic mass is 32.2. The van der Waals surface area contributed by atoms with Crippen LogP contribution in [0.15, 0.2) is 83.9 Å². The number of fused-ring (bicyclic) bond motifs is 1. The van der Waals surface area contributed by atoms with Gasteiger partial charge in [-0.25, -0.2) is 13.4 Å². The highest BCUT2D eigenvalue weighted by molar-refractivity contribution is 7.89. The highest BCUT2D eigenvalue weighted by Crippen LogP contribution is 2.30. The molecule has 1 saturated carbocycles. The number of rotatable bonds is 10. The van der Waals surface area contributed by atoms with Gasteiger partial charge in [0.15, 0.2) is 0 Å². The molecule has 0 spiro atoms. The third-order valence-corrected chi connectivity index (χ3v) is 10.4. The van der Waals surface area contributed by atoms with Crippen LogP contribution < -0.4 is 21.3 Å². The van der Waals surface area contributed by atoms with E-state index in [1.54, 1.807) is 47.9 Å². The number of hydrogen-bond acceptors (Lipinski definition) is 8. The summed E-state index contributed by atoms with van der Waals surface area (Å²) in [4.78, 5) is 9.12. The van der Waals surface area contributed by atoms with E-state index in [0.29, 0.717) is 23.5 Å². The predicted octanol–water partition coefficient (Wildman–Crippen LogP) is 5.96. The fourth-order valence-corrected chi connectivity index (χ4v) is 7.35. The smallest absolute Gasteiger partial charge is 0.243 e. The second-order valence-corrected chi connectivity index (χ2v) is 13.4. The highest BCUT2D eigenvalue weighted by Gasteiger charge is 2.31. The van der Waals surface area contributed by atoms with Crippen molar-refractivity contribution in [2.75, 3.05) is 29.5 Å². The first-order valence-corrected chi connectivity index (χ1v) is 16.4. The molecule has 4 N–H and O–H groups in total. The molecule has 0 bridgehead atoms. The Labute approximate surface area is 254 Å². The summed E-state index contributed by atoms with van der Waals surface area (Å²) in [5.41, 5.74) is 6.82. The van der Waals surface area contributed by atoms with Gasteiger partial charge in [-0.15, -0.1) is 0 Å². The van der Waals surface area contributed by atoms with Crippen molar-refractivity contribution >= 4 is 38.9 Å². The zero-order valence-corrected chi connectivity index (χ0v) is 25.5. The molecule has 43 heavy (non-hydrogen) atoms. The summed E-state index contributed by atoms with van der Waals surface area (Å²) >= 11 is 0. The number of anilines is 5. The summed E-state index contributed by atoms with van der Waals surface area (Å²) in [6.45, 7) is 3.88. The molecular formula is C33H39N7O2S. The minimum atomic E-state index is -3.62. The number of hydrogen-bond donors (Lipinski definition) is 4. The molecule has 9 nitrogen and oxygen atoms in total. The molecule has 6 rings (SSSR count). The van der Waals surface area contributed by atoms with Crippen molar-refractivity contribution in [3.8, 4) is 0 Å². The van der Waals surface area contributed by atoms with Crippen molar-refractivity contribution < 1.29 is 8.42 Å². The summed E-state index contributed by atoms with van der Waals surface area (Å²) in [7, 11) is -1.91. The van der Waals surface area contributed by atoms with Crippen LogP contribution in [0.4, 0.5) is 28.8 Å². The zero-order valence-electron chi connectivity index (χ0n) is 24.7. The van der Waals surface area contributed by atoms with Crippen LogP contribution in [0.5, 0.6) is 0 Å². The maximum atomic E-state index is 13.5. The SMILES string of the molecule is Cc1ccc(Nc2ccnc(Nc3ccc(S(=O)(=O)N(C)C4CCC(NCc5cccc6c5NCC6)CC4)cc3)n2)cc1. The quantitative estimate of drug-likeness (QED) is 0.177. The van der Waals surface area contributed by atoms with Gasteiger partial charge in [0.05, 0.1) is 4.90 Å². The van der Waals surface area contributed by atoms with Crippen molar-refractivity contribution in [3.05, 3.63) is 95.7 Å². The Morgan fingerprint density at radius 3 is 2.40 bits per heavy atom. The molecule has 10 heteroatoms. The molecule has 1 fully saturated rings. The number of benzene rings is 3. The maximum absolute atomic E-state index is 13.5. The van der Waals surface area contributed by atoms with Gasteiger partial charge >= 0.3 is 0 Å². The minimum Gasteiger partial charge on any atom is -0.384 e. The third-order valence-electron chi connectivity index (χ3n) is 8.49. The van der Waals surface area contributed by atoms with Crippen LogP contribution in [-0.2, 0) is 23.0 Å². The molecule has 0 atom stereocenters. The Hall–Kier alpha value is -3.99. The Morgan fingerprint density at radius 1 is 0.907 bits per heavy atom. The molecule has 3 aromatic carbocycles. The normalized spacial score (nSPS) is 18.2. The maximum Gasteiger partial charge on any atom is 0.243 e. The van der Waals surface area contributed by atoms with Crippen molar-refractivity contribution in [3.63, 3.8) is 0 Å². The molecule has 4 aromatic rings. The lowest BCUT2D eigenvalue weighted by molar-refractivity contribution is 0.249. The number of aryl methyl sites for hydroxylation is 1. The summed E-state index contributed by atoms with van der Waals surface area (Å²) < 4.78 is 28.5. The van der Waals surface area contributed by atoms with Gasteiger partial charge in [0.2, 0.25) is 16.0 Å². The van der Waals surface area contributed by atoms with Gasteiger partial charge in [-0.05, 0) is 92.6 Å². The summed E-state index contributed by atoms with van der Waals surface area (Å²) in [6.07, 6.45) is 6.34. The van der Waals surface area contributed by atoms with E-state index >= 15 is 0 Å². The first kappa shape index (κ1) is 29.1. The standard InChI is InChI=1S/C33H39N7O2S/c1-23-6-8-27(9-7-23)37-31-19-21-35-33(39-31)38-28-12-16-30(17-13-28)43(41,42)40(2)29-14-10-26(11-15-29)36-22-25-5-3-4-24-18-20-34-32(24)25/h3-9,12-13,16-17,19,21,26,29,34,36H,10-11,14-15,18,20,22H2,1-2H3,(H2,35,37,38,39). The Bertz CT molecular complexity index is 1650. The largest absolute Gasteiger partial charge is 0.384 e. The van der Waals surface area contributed by atoms with E-state index in [1.165, 1.54) is 22.4 Å². The van der Waals surface area contributed by atoms with Crippen LogP contribution >= 0.6 is 0 Å². The molecule has 1 aliphatic carbocycles. The lowest BCUT2D eigenvalue weighted by atomic mass is 9.91. The average molecular weight is 598 g/mol. The second-order valence-electron chi connectivity index (χ2n) is 11.4. The monoisotopic (exact) mass is 597 g/mol. The molecule has 1 aliphatic heterocycles. The van der Waals surface area contributed by atoms with Gasteiger partial charge in [0.1, 0.15) is 5.82 Å². The van der Waals surface area contributed by atoms with Gasteiger partial charge in [-0.2, -0.15) is 9.29 Å². The summed E-state index contributed by atoms with van der Waals surface area (Å²) in [5, 5.41) is 13.7. The Kier molecular flexibility index (Phi) is 8.60. The minimum absolute atomic E-state index is 0.0133.